The second-order valence-corrected chi connectivity index (χ2v) is 7.38. The van der Waals surface area contributed by atoms with E-state index in [2.05, 4.69) is 83.2 Å². The van der Waals surface area contributed by atoms with E-state index >= 15 is 0 Å². The maximum atomic E-state index is 2.50. The fraction of sp³-hybridized carbons (Fsp3) is 0.524. The smallest absolute Gasteiger partial charge is 0.0194 e. The van der Waals surface area contributed by atoms with Crippen LogP contribution < -0.4 is 0 Å². The molecule has 0 spiro atoms. The summed E-state index contributed by atoms with van der Waals surface area (Å²) in [7, 11) is 0. The molecule has 21 heavy (non-hydrogen) atoms. The first-order valence-electron chi connectivity index (χ1n) is 8.38. The van der Waals surface area contributed by atoms with Crippen molar-refractivity contribution in [1.29, 1.82) is 0 Å². The minimum Gasteiger partial charge on any atom is -0.0803 e. The second kappa shape index (κ2) is 6.22. The van der Waals surface area contributed by atoms with E-state index in [1.54, 1.807) is 0 Å². The molecular formula is C21H30. The third-order valence-corrected chi connectivity index (χ3v) is 5.30. The first-order chi connectivity index (χ1) is 9.94. The molecule has 0 bridgehead atoms. The lowest BCUT2D eigenvalue weighted by atomic mass is 9.66. The van der Waals surface area contributed by atoms with E-state index in [9.17, 15) is 0 Å². The molecule has 0 nitrogen and oxygen atoms in total. The van der Waals surface area contributed by atoms with Crippen LogP contribution in [0, 0.1) is 11.3 Å². The lowest BCUT2D eigenvalue weighted by Crippen LogP contribution is -2.29. The molecule has 1 aromatic rings. The van der Waals surface area contributed by atoms with E-state index in [1.807, 2.05) is 0 Å². The minimum absolute atomic E-state index is 0.181. The Balaban J connectivity index is 2.34. The highest BCUT2D eigenvalue weighted by atomic mass is 14.4. The van der Waals surface area contributed by atoms with Crippen molar-refractivity contribution in [3.63, 3.8) is 0 Å². The molecule has 0 saturated heterocycles. The van der Waals surface area contributed by atoms with Gasteiger partial charge in [0.05, 0.1) is 0 Å². The van der Waals surface area contributed by atoms with Crippen molar-refractivity contribution in [2.24, 2.45) is 11.3 Å². The van der Waals surface area contributed by atoms with Gasteiger partial charge in [0.1, 0.15) is 0 Å². The maximum Gasteiger partial charge on any atom is 0.0194 e. The molecule has 0 fully saturated rings. The number of benzene rings is 1. The molecule has 114 valence electrons. The highest BCUT2D eigenvalue weighted by Gasteiger charge is 2.33. The van der Waals surface area contributed by atoms with E-state index < -0.39 is 0 Å². The molecule has 1 aromatic carbocycles. The van der Waals surface area contributed by atoms with Gasteiger partial charge in [-0.2, -0.15) is 0 Å². The van der Waals surface area contributed by atoms with Gasteiger partial charge in [-0.3, -0.25) is 0 Å². The molecule has 1 unspecified atom stereocenters. The van der Waals surface area contributed by atoms with Gasteiger partial charge < -0.3 is 0 Å². The fourth-order valence-corrected chi connectivity index (χ4v) is 3.61. The molecule has 1 aliphatic rings. The third-order valence-electron chi connectivity index (χ3n) is 5.30. The van der Waals surface area contributed by atoms with E-state index in [-0.39, 0.29) is 5.41 Å². The predicted molar refractivity (Wildman–Crippen MR) is 93.5 cm³/mol. The summed E-state index contributed by atoms with van der Waals surface area (Å²) in [5.74, 6) is 0.656. The molecule has 2 rings (SSSR count). The summed E-state index contributed by atoms with van der Waals surface area (Å²) in [6.07, 6.45) is 10.8. The molecule has 0 heterocycles. The summed E-state index contributed by atoms with van der Waals surface area (Å²) >= 11 is 0. The molecule has 0 saturated carbocycles. The van der Waals surface area contributed by atoms with Crippen LogP contribution in [-0.2, 0) is 5.41 Å². The molecule has 0 amide bonds. The Hall–Kier alpha value is -1.30. The van der Waals surface area contributed by atoms with Crippen LogP contribution in [0.3, 0.4) is 0 Å². The Labute approximate surface area is 131 Å². The number of hydrogen-bond acceptors (Lipinski definition) is 0. The Kier molecular flexibility index (Phi) is 4.76. The number of allylic oxidation sites excluding steroid dienone is 4. The third kappa shape index (κ3) is 3.15. The van der Waals surface area contributed by atoms with Crippen molar-refractivity contribution in [1.82, 2.24) is 0 Å². The van der Waals surface area contributed by atoms with Crippen molar-refractivity contribution in [3.8, 4) is 0 Å². The lowest BCUT2D eigenvalue weighted by molar-refractivity contribution is 0.291. The van der Waals surface area contributed by atoms with Gasteiger partial charge in [0.25, 0.3) is 0 Å². The highest BCUT2D eigenvalue weighted by Crippen LogP contribution is 2.43. The van der Waals surface area contributed by atoms with Crippen molar-refractivity contribution in [2.45, 2.75) is 59.3 Å². The van der Waals surface area contributed by atoms with E-state index in [1.165, 1.54) is 17.6 Å². The Bertz CT molecular complexity index is 507. The van der Waals surface area contributed by atoms with Crippen LogP contribution >= 0.6 is 0 Å². The first kappa shape index (κ1) is 16.1. The van der Waals surface area contributed by atoms with Crippen LogP contribution in [0.25, 0.3) is 0 Å². The molecule has 1 aliphatic carbocycles. The molecule has 0 N–H and O–H groups in total. The summed E-state index contributed by atoms with van der Waals surface area (Å²) in [5.41, 5.74) is 3.51. The summed E-state index contributed by atoms with van der Waals surface area (Å²) in [5, 5.41) is 0. The van der Waals surface area contributed by atoms with Crippen molar-refractivity contribution in [2.75, 3.05) is 0 Å². The van der Waals surface area contributed by atoms with Gasteiger partial charge in [0.2, 0.25) is 0 Å². The van der Waals surface area contributed by atoms with Gasteiger partial charge >= 0.3 is 0 Å². The molecule has 0 radical (unpaired) electrons. The van der Waals surface area contributed by atoms with Gasteiger partial charge in [-0.05, 0) is 41.7 Å². The second-order valence-electron chi connectivity index (χ2n) is 7.38. The summed E-state index contributed by atoms with van der Waals surface area (Å²) in [6.45, 7) is 11.7. The molecule has 1 atom stereocenters. The van der Waals surface area contributed by atoms with Crippen LogP contribution in [0.4, 0.5) is 0 Å². The molecule has 0 aliphatic heterocycles. The van der Waals surface area contributed by atoms with Crippen LogP contribution in [0.15, 0.2) is 54.1 Å². The average molecular weight is 282 g/mol. The molecule has 0 aromatic heterocycles. The SMILES string of the molecule is CCC(CC)(C1=CCC(C(C)(C)C)C=C1)c1ccccc1. The molecular weight excluding hydrogens is 252 g/mol. The van der Waals surface area contributed by atoms with Crippen molar-refractivity contribution >= 4 is 0 Å². The zero-order valence-electron chi connectivity index (χ0n) is 14.3. The topological polar surface area (TPSA) is 0 Å². The van der Waals surface area contributed by atoms with E-state index in [0.29, 0.717) is 11.3 Å². The lowest BCUT2D eigenvalue weighted by Gasteiger charge is -2.37. The fourth-order valence-electron chi connectivity index (χ4n) is 3.61. The van der Waals surface area contributed by atoms with Gasteiger partial charge in [-0.1, -0.05) is 83.2 Å². The van der Waals surface area contributed by atoms with E-state index in [4.69, 9.17) is 0 Å². The summed E-state index contributed by atoms with van der Waals surface area (Å²) in [6, 6.07) is 11.0. The average Bonchev–Trinajstić information content (AvgIpc) is 2.50. The van der Waals surface area contributed by atoms with Crippen LogP contribution in [0.5, 0.6) is 0 Å². The van der Waals surface area contributed by atoms with Crippen molar-refractivity contribution < 1.29 is 0 Å². The minimum atomic E-state index is 0.181. The predicted octanol–water partition coefficient (Wildman–Crippen LogP) is 6.29. The summed E-state index contributed by atoms with van der Waals surface area (Å²) < 4.78 is 0. The van der Waals surface area contributed by atoms with Gasteiger partial charge in [-0.15, -0.1) is 0 Å². The largest absolute Gasteiger partial charge is 0.0803 e. The van der Waals surface area contributed by atoms with Crippen molar-refractivity contribution in [3.05, 3.63) is 59.7 Å². The summed E-state index contributed by atoms with van der Waals surface area (Å²) in [4.78, 5) is 0. The first-order valence-corrected chi connectivity index (χ1v) is 8.38. The molecule has 0 heteroatoms. The zero-order valence-corrected chi connectivity index (χ0v) is 14.3. The van der Waals surface area contributed by atoms with Crippen LogP contribution in [0.2, 0.25) is 0 Å². The van der Waals surface area contributed by atoms with Crippen LogP contribution in [0.1, 0.15) is 59.4 Å². The number of rotatable bonds is 4. The van der Waals surface area contributed by atoms with E-state index in [0.717, 1.165) is 12.8 Å². The zero-order chi connectivity index (χ0) is 15.5. The van der Waals surface area contributed by atoms with Gasteiger partial charge in [0, 0.05) is 5.41 Å². The normalized spacial score (nSPS) is 19.5. The number of hydrogen-bond donors (Lipinski definition) is 0. The maximum absolute atomic E-state index is 2.50. The standard InChI is InChI=1S/C21H30/c1-6-21(7-2,18-11-9-8-10-12-18)19-15-13-17(14-16-19)20(3,4)5/h8-13,15-17H,6-7,14H2,1-5H3. The Morgan fingerprint density at radius 3 is 2.05 bits per heavy atom. The Morgan fingerprint density at radius 1 is 1.00 bits per heavy atom. The van der Waals surface area contributed by atoms with Gasteiger partial charge in [0.15, 0.2) is 0 Å². The quantitative estimate of drug-likeness (QED) is 0.608. The van der Waals surface area contributed by atoms with Gasteiger partial charge in [-0.25, -0.2) is 0 Å². The monoisotopic (exact) mass is 282 g/mol. The highest BCUT2D eigenvalue weighted by molar-refractivity contribution is 5.43. The van der Waals surface area contributed by atoms with Crippen LogP contribution in [-0.4, -0.2) is 0 Å². The Morgan fingerprint density at radius 2 is 1.62 bits per heavy atom.